The van der Waals surface area contributed by atoms with E-state index >= 15 is 0 Å². The van der Waals surface area contributed by atoms with Crippen molar-refractivity contribution >= 4 is 22.6 Å². The predicted molar refractivity (Wildman–Crippen MR) is 112 cm³/mol. The number of nitrogen functional groups attached to an aromatic ring is 1. The van der Waals surface area contributed by atoms with E-state index in [-0.39, 0.29) is 5.78 Å². The number of aryl methyl sites for hydroxylation is 2. The average molecular weight is 370 g/mol. The third-order valence-electron chi connectivity index (χ3n) is 5.05. The Hall–Kier alpha value is -3.47. The number of Topliss-reactive ketones (excluding diaryl/α,β-unsaturated/α-hetero) is 1. The first-order valence-corrected chi connectivity index (χ1v) is 9.23. The normalized spacial score (nSPS) is 11.1. The van der Waals surface area contributed by atoms with Crippen molar-refractivity contribution in [2.24, 2.45) is 0 Å². The second kappa shape index (κ2) is 6.93. The minimum Gasteiger partial charge on any atom is -0.397 e. The van der Waals surface area contributed by atoms with Gasteiger partial charge in [0.2, 0.25) is 0 Å². The number of anilines is 1. The third kappa shape index (κ3) is 3.16. The summed E-state index contributed by atoms with van der Waals surface area (Å²) in [5, 5.41) is 0. The molecule has 5 heteroatoms. The summed E-state index contributed by atoms with van der Waals surface area (Å²) < 4.78 is 2.10. The van der Waals surface area contributed by atoms with Gasteiger partial charge in [0, 0.05) is 5.56 Å². The van der Waals surface area contributed by atoms with Crippen molar-refractivity contribution in [1.29, 1.82) is 0 Å². The number of fused-ring (bicyclic) bond motifs is 1. The highest BCUT2D eigenvalue weighted by Crippen LogP contribution is 2.25. The van der Waals surface area contributed by atoms with Gasteiger partial charge in [0.1, 0.15) is 11.3 Å². The summed E-state index contributed by atoms with van der Waals surface area (Å²) in [6.45, 7) is 6.16. The summed E-state index contributed by atoms with van der Waals surface area (Å²) in [6, 6.07) is 17.9. The van der Waals surface area contributed by atoms with Crippen molar-refractivity contribution in [3.05, 3.63) is 77.2 Å². The monoisotopic (exact) mass is 370 g/mol. The fourth-order valence-corrected chi connectivity index (χ4v) is 3.47. The summed E-state index contributed by atoms with van der Waals surface area (Å²) >= 11 is 0. The van der Waals surface area contributed by atoms with Crippen LogP contribution in [0.25, 0.3) is 22.3 Å². The molecule has 0 fully saturated rings. The largest absolute Gasteiger partial charge is 0.397 e. The molecule has 0 amide bonds. The van der Waals surface area contributed by atoms with Gasteiger partial charge in [-0.25, -0.2) is 9.97 Å². The number of benzene rings is 2. The molecule has 4 rings (SSSR count). The van der Waals surface area contributed by atoms with Gasteiger partial charge in [-0.05, 0) is 43.5 Å². The Morgan fingerprint density at radius 1 is 1.04 bits per heavy atom. The van der Waals surface area contributed by atoms with Gasteiger partial charge in [0.25, 0.3) is 0 Å². The summed E-state index contributed by atoms with van der Waals surface area (Å²) in [5.74, 6) is 0.972. The van der Waals surface area contributed by atoms with E-state index < -0.39 is 0 Å². The molecule has 4 aromatic rings. The van der Waals surface area contributed by atoms with Crippen LogP contribution in [0, 0.1) is 13.8 Å². The molecule has 2 aromatic carbocycles. The van der Waals surface area contributed by atoms with Crippen LogP contribution in [0.3, 0.4) is 0 Å². The minimum atomic E-state index is 0.0703. The number of imidazole rings is 1. The highest BCUT2D eigenvalue weighted by Gasteiger charge is 2.12. The van der Waals surface area contributed by atoms with Gasteiger partial charge in [-0.3, -0.25) is 4.79 Å². The number of hydrogen-bond acceptors (Lipinski definition) is 4. The lowest BCUT2D eigenvalue weighted by atomic mass is 9.97. The predicted octanol–water partition coefficient (Wildman–Crippen LogP) is 4.55. The summed E-state index contributed by atoms with van der Waals surface area (Å²) in [5.41, 5.74) is 13.0. The lowest BCUT2D eigenvalue weighted by Gasteiger charge is -2.10. The number of nitrogens with two attached hydrogens (primary N) is 1. The van der Waals surface area contributed by atoms with Crippen LogP contribution in [-0.2, 0) is 6.54 Å². The Labute approximate surface area is 163 Å². The Morgan fingerprint density at radius 3 is 2.46 bits per heavy atom. The van der Waals surface area contributed by atoms with Gasteiger partial charge < -0.3 is 10.3 Å². The lowest BCUT2D eigenvalue weighted by molar-refractivity contribution is 0.101. The van der Waals surface area contributed by atoms with Crippen LogP contribution < -0.4 is 5.73 Å². The Balaban J connectivity index is 1.68. The van der Waals surface area contributed by atoms with Crippen molar-refractivity contribution in [2.75, 3.05) is 5.73 Å². The maximum Gasteiger partial charge on any atom is 0.160 e. The summed E-state index contributed by atoms with van der Waals surface area (Å²) in [7, 11) is 0. The molecule has 2 N–H and O–H groups in total. The number of carbonyl (C=O) groups is 1. The minimum absolute atomic E-state index is 0.0703. The van der Waals surface area contributed by atoms with Gasteiger partial charge >= 0.3 is 0 Å². The van der Waals surface area contributed by atoms with E-state index in [1.54, 1.807) is 6.92 Å². The van der Waals surface area contributed by atoms with Crippen LogP contribution in [-0.4, -0.2) is 20.3 Å². The molecule has 0 aliphatic heterocycles. The van der Waals surface area contributed by atoms with Crippen LogP contribution in [0.15, 0.2) is 54.6 Å². The molecule has 0 radical (unpaired) electrons. The number of ketones is 1. The second-order valence-corrected chi connectivity index (χ2v) is 7.05. The molecule has 2 aromatic heterocycles. The Morgan fingerprint density at radius 2 is 1.75 bits per heavy atom. The number of nitrogens with zero attached hydrogens (tertiary/aromatic N) is 3. The number of carbonyl (C=O) groups excluding carboxylic acids is 1. The van der Waals surface area contributed by atoms with Crippen LogP contribution in [0.4, 0.5) is 5.69 Å². The van der Waals surface area contributed by atoms with Crippen molar-refractivity contribution in [3.8, 4) is 11.1 Å². The summed E-state index contributed by atoms with van der Waals surface area (Å²) in [6.07, 6.45) is 0. The van der Waals surface area contributed by atoms with Crippen molar-refractivity contribution in [1.82, 2.24) is 14.5 Å². The third-order valence-corrected chi connectivity index (χ3v) is 5.05. The first kappa shape index (κ1) is 17.9. The number of rotatable bonds is 4. The maximum absolute atomic E-state index is 11.9. The second-order valence-electron chi connectivity index (χ2n) is 7.05. The quantitative estimate of drug-likeness (QED) is 0.535. The molecule has 0 aliphatic rings. The van der Waals surface area contributed by atoms with Gasteiger partial charge in [-0.1, -0.05) is 48.5 Å². The highest BCUT2D eigenvalue weighted by atomic mass is 16.1. The van der Waals surface area contributed by atoms with Crippen molar-refractivity contribution in [3.63, 3.8) is 0 Å². The van der Waals surface area contributed by atoms with Gasteiger partial charge in [0.05, 0.1) is 17.9 Å². The van der Waals surface area contributed by atoms with Crippen molar-refractivity contribution in [2.45, 2.75) is 27.3 Å². The molecule has 0 saturated heterocycles. The molecule has 2 heterocycles. The molecule has 0 aliphatic carbocycles. The van der Waals surface area contributed by atoms with Crippen LogP contribution in [0.1, 0.15) is 34.4 Å². The van der Waals surface area contributed by atoms with Crippen LogP contribution in [0.5, 0.6) is 0 Å². The molecular formula is C23H22N4O. The van der Waals surface area contributed by atoms with E-state index in [0.717, 1.165) is 44.9 Å². The first-order chi connectivity index (χ1) is 13.4. The van der Waals surface area contributed by atoms with E-state index in [2.05, 4.69) is 38.8 Å². The fraction of sp³-hybridized carbons (Fsp3) is 0.174. The zero-order chi connectivity index (χ0) is 19.8. The molecule has 0 bridgehead atoms. The molecule has 0 unspecified atom stereocenters. The maximum atomic E-state index is 11.9. The average Bonchev–Trinajstić information content (AvgIpc) is 2.97. The Bertz CT molecular complexity index is 1190. The molecule has 0 spiro atoms. The topological polar surface area (TPSA) is 73.8 Å². The van der Waals surface area contributed by atoms with Gasteiger partial charge in [-0.2, -0.15) is 0 Å². The van der Waals surface area contributed by atoms with Crippen LogP contribution in [0.2, 0.25) is 0 Å². The zero-order valence-electron chi connectivity index (χ0n) is 16.2. The van der Waals surface area contributed by atoms with Crippen molar-refractivity contribution < 1.29 is 4.79 Å². The van der Waals surface area contributed by atoms with Gasteiger partial charge in [0.15, 0.2) is 11.4 Å². The molecule has 140 valence electrons. The first-order valence-electron chi connectivity index (χ1n) is 9.23. The lowest BCUT2D eigenvalue weighted by Crippen LogP contribution is -2.04. The number of aromatic nitrogens is 3. The number of pyridine rings is 1. The van der Waals surface area contributed by atoms with Gasteiger partial charge in [-0.15, -0.1) is 0 Å². The molecule has 28 heavy (non-hydrogen) atoms. The SMILES string of the molecule is CC(=O)c1ccccc1-c1ccc(Cn2c(C)nc3cc(N)c(C)nc32)cc1. The smallest absolute Gasteiger partial charge is 0.160 e. The molecule has 0 saturated carbocycles. The van der Waals surface area contributed by atoms with E-state index in [0.29, 0.717) is 12.2 Å². The summed E-state index contributed by atoms with van der Waals surface area (Å²) in [4.78, 5) is 21.1. The van der Waals surface area contributed by atoms with E-state index in [4.69, 9.17) is 5.73 Å². The fourth-order valence-electron chi connectivity index (χ4n) is 3.47. The molecule has 0 atom stereocenters. The number of hydrogen-bond donors (Lipinski definition) is 1. The molecular weight excluding hydrogens is 348 g/mol. The standard InChI is InChI=1S/C23H22N4O/c1-14-21(24)12-22-23(25-14)27(16(3)26-22)13-17-8-10-18(11-9-17)20-7-5-4-6-19(20)15(2)28/h4-12H,13,24H2,1-3H3. The highest BCUT2D eigenvalue weighted by molar-refractivity contribution is 6.00. The zero-order valence-corrected chi connectivity index (χ0v) is 16.2. The van der Waals surface area contributed by atoms with E-state index in [9.17, 15) is 4.79 Å². The van der Waals surface area contributed by atoms with E-state index in [1.165, 1.54) is 0 Å². The van der Waals surface area contributed by atoms with Crippen LogP contribution >= 0.6 is 0 Å². The Kier molecular flexibility index (Phi) is 4.43. The van der Waals surface area contributed by atoms with E-state index in [1.807, 2.05) is 44.2 Å². The molecule has 5 nitrogen and oxygen atoms in total.